The Morgan fingerprint density at radius 1 is 0.818 bits per heavy atom. The molecule has 0 unspecified atom stereocenters. The number of nitrogens with zero attached hydrogens (tertiary/aromatic N) is 1. The monoisotopic (exact) mass is 456 g/mol. The summed E-state index contributed by atoms with van der Waals surface area (Å²) in [6.07, 6.45) is -4.83. The molecule has 2 amide bonds. The third kappa shape index (κ3) is 4.87. The van der Waals surface area contributed by atoms with Crippen LogP contribution in [0, 0.1) is 5.82 Å². The summed E-state index contributed by atoms with van der Waals surface area (Å²) in [6, 6.07) is 19.0. The van der Waals surface area contributed by atoms with E-state index in [0.29, 0.717) is 5.56 Å². The van der Waals surface area contributed by atoms with E-state index in [-0.39, 0.29) is 29.1 Å². The average Bonchev–Trinajstić information content (AvgIpc) is 3.00. The molecule has 0 bridgehead atoms. The van der Waals surface area contributed by atoms with Crippen molar-refractivity contribution in [1.29, 1.82) is 0 Å². The van der Waals surface area contributed by atoms with Crippen molar-refractivity contribution in [3.63, 3.8) is 0 Å². The molecule has 0 atom stereocenters. The summed E-state index contributed by atoms with van der Waals surface area (Å²) < 4.78 is 55.2. The molecule has 1 aliphatic heterocycles. The molecule has 0 aliphatic carbocycles. The fourth-order valence-corrected chi connectivity index (χ4v) is 3.39. The van der Waals surface area contributed by atoms with Gasteiger partial charge in [-0.2, -0.15) is 0 Å². The van der Waals surface area contributed by atoms with Crippen LogP contribution in [0.25, 0.3) is 5.57 Å². The Hall–Kier alpha value is -4.14. The number of hydrogen-bond acceptors (Lipinski definition) is 4. The van der Waals surface area contributed by atoms with Crippen LogP contribution in [0.15, 0.2) is 84.6 Å². The number of alkyl halides is 3. The molecule has 1 aliphatic rings. The number of ether oxygens (including phenoxy) is 1. The number of halogens is 4. The van der Waals surface area contributed by atoms with Crippen molar-refractivity contribution in [1.82, 2.24) is 4.90 Å². The largest absolute Gasteiger partial charge is 0.573 e. The first-order chi connectivity index (χ1) is 15.7. The fourth-order valence-electron chi connectivity index (χ4n) is 3.39. The van der Waals surface area contributed by atoms with Gasteiger partial charge >= 0.3 is 6.36 Å². The zero-order chi connectivity index (χ0) is 23.6. The van der Waals surface area contributed by atoms with Crippen molar-refractivity contribution in [2.24, 2.45) is 0 Å². The minimum atomic E-state index is -4.83. The molecule has 0 saturated carbocycles. The fraction of sp³-hybridized carbons (Fsp3) is 0.0833. The lowest BCUT2D eigenvalue weighted by molar-refractivity contribution is -0.274. The van der Waals surface area contributed by atoms with Gasteiger partial charge in [0.25, 0.3) is 11.8 Å². The highest BCUT2D eigenvalue weighted by molar-refractivity contribution is 6.36. The average molecular weight is 456 g/mol. The summed E-state index contributed by atoms with van der Waals surface area (Å²) in [4.78, 5) is 27.3. The first kappa shape index (κ1) is 22.1. The van der Waals surface area contributed by atoms with Gasteiger partial charge in [0.05, 0.1) is 12.1 Å². The minimum Gasteiger partial charge on any atom is -0.406 e. The number of carbonyl (C=O) groups excluding carboxylic acids is 2. The van der Waals surface area contributed by atoms with Gasteiger partial charge < -0.3 is 10.1 Å². The maximum Gasteiger partial charge on any atom is 0.573 e. The number of hydrogen-bond donors (Lipinski definition) is 1. The first-order valence-electron chi connectivity index (χ1n) is 9.75. The molecular weight excluding hydrogens is 440 g/mol. The second-order valence-electron chi connectivity index (χ2n) is 7.10. The lowest BCUT2D eigenvalue weighted by Crippen LogP contribution is -2.32. The van der Waals surface area contributed by atoms with Crippen molar-refractivity contribution in [3.05, 3.63) is 102 Å². The van der Waals surface area contributed by atoms with Gasteiger partial charge in [-0.05, 0) is 35.9 Å². The number of amides is 2. The number of benzene rings is 3. The second-order valence-corrected chi connectivity index (χ2v) is 7.10. The highest BCUT2D eigenvalue weighted by Gasteiger charge is 2.39. The van der Waals surface area contributed by atoms with Gasteiger partial charge in [0.1, 0.15) is 17.3 Å². The molecule has 0 aromatic heterocycles. The van der Waals surface area contributed by atoms with Crippen LogP contribution in [-0.4, -0.2) is 23.1 Å². The predicted molar refractivity (Wildman–Crippen MR) is 112 cm³/mol. The van der Waals surface area contributed by atoms with Gasteiger partial charge in [0.2, 0.25) is 0 Å². The van der Waals surface area contributed by atoms with E-state index in [0.717, 1.165) is 17.0 Å². The molecule has 1 N–H and O–H groups in total. The highest BCUT2D eigenvalue weighted by Crippen LogP contribution is 2.32. The number of rotatable bonds is 6. The number of imide groups is 1. The third-order valence-corrected chi connectivity index (χ3v) is 4.87. The second kappa shape index (κ2) is 8.78. The smallest absolute Gasteiger partial charge is 0.406 e. The lowest BCUT2D eigenvalue weighted by atomic mass is 10.0. The SMILES string of the molecule is O=C1C(Nc2ccc(OC(F)(F)F)cc2)=C(c2ccccc2)C(=O)N1Cc1ccccc1F. The molecule has 0 fully saturated rings. The third-order valence-electron chi connectivity index (χ3n) is 4.87. The molecule has 4 rings (SSSR count). The van der Waals surface area contributed by atoms with E-state index in [1.165, 1.54) is 30.3 Å². The molecule has 0 saturated heterocycles. The topological polar surface area (TPSA) is 58.6 Å². The van der Waals surface area contributed by atoms with E-state index in [2.05, 4.69) is 10.1 Å². The maximum absolute atomic E-state index is 14.1. The molecule has 3 aromatic rings. The Morgan fingerprint density at radius 2 is 1.45 bits per heavy atom. The Kier molecular flexibility index (Phi) is 5.87. The zero-order valence-electron chi connectivity index (χ0n) is 16.9. The minimum absolute atomic E-state index is 0.0629. The van der Waals surface area contributed by atoms with Crippen LogP contribution in [0.3, 0.4) is 0 Å². The summed E-state index contributed by atoms with van der Waals surface area (Å²) in [7, 11) is 0. The van der Waals surface area contributed by atoms with E-state index in [9.17, 15) is 27.2 Å². The van der Waals surface area contributed by atoms with Crippen molar-refractivity contribution < 1.29 is 31.9 Å². The van der Waals surface area contributed by atoms with Crippen LogP contribution >= 0.6 is 0 Å². The normalized spacial score (nSPS) is 14.1. The molecular formula is C24H16F4N2O3. The molecule has 33 heavy (non-hydrogen) atoms. The Morgan fingerprint density at radius 3 is 2.09 bits per heavy atom. The molecule has 9 heteroatoms. The summed E-state index contributed by atoms with van der Waals surface area (Å²) in [5, 5.41) is 2.83. The van der Waals surface area contributed by atoms with Crippen LogP contribution in [-0.2, 0) is 16.1 Å². The van der Waals surface area contributed by atoms with Crippen LogP contribution in [0.2, 0.25) is 0 Å². The summed E-state index contributed by atoms with van der Waals surface area (Å²) in [5.41, 5.74) is 0.911. The number of nitrogens with one attached hydrogen (secondary N) is 1. The van der Waals surface area contributed by atoms with Gasteiger partial charge in [-0.1, -0.05) is 48.5 Å². The van der Waals surface area contributed by atoms with Gasteiger partial charge in [0.15, 0.2) is 0 Å². The summed E-state index contributed by atoms with van der Waals surface area (Å²) in [6.45, 7) is -0.274. The van der Waals surface area contributed by atoms with Crippen LogP contribution in [0.4, 0.5) is 23.2 Å². The van der Waals surface area contributed by atoms with Gasteiger partial charge in [-0.15, -0.1) is 13.2 Å². The quantitative estimate of drug-likeness (QED) is 0.414. The zero-order valence-corrected chi connectivity index (χ0v) is 16.9. The van der Waals surface area contributed by atoms with E-state index in [1.807, 2.05) is 0 Å². The van der Waals surface area contributed by atoms with E-state index in [4.69, 9.17) is 0 Å². The van der Waals surface area contributed by atoms with Crippen LogP contribution < -0.4 is 10.1 Å². The van der Waals surface area contributed by atoms with E-state index in [1.54, 1.807) is 36.4 Å². The number of anilines is 1. The van der Waals surface area contributed by atoms with Crippen LogP contribution in [0.1, 0.15) is 11.1 Å². The molecule has 3 aromatic carbocycles. The predicted octanol–water partition coefficient (Wildman–Crippen LogP) is 5.12. The van der Waals surface area contributed by atoms with E-state index < -0.39 is 29.7 Å². The van der Waals surface area contributed by atoms with Crippen molar-refractivity contribution in [2.45, 2.75) is 12.9 Å². The maximum atomic E-state index is 14.1. The number of carbonyl (C=O) groups is 2. The first-order valence-corrected chi connectivity index (χ1v) is 9.75. The molecule has 0 spiro atoms. The Balaban J connectivity index is 1.66. The van der Waals surface area contributed by atoms with Crippen molar-refractivity contribution >= 4 is 23.1 Å². The van der Waals surface area contributed by atoms with E-state index >= 15 is 0 Å². The van der Waals surface area contributed by atoms with Crippen LogP contribution in [0.5, 0.6) is 5.75 Å². The van der Waals surface area contributed by atoms with Gasteiger partial charge in [-0.3, -0.25) is 14.5 Å². The molecule has 168 valence electrons. The van der Waals surface area contributed by atoms with Crippen molar-refractivity contribution in [2.75, 3.05) is 5.32 Å². The highest BCUT2D eigenvalue weighted by atomic mass is 19.4. The summed E-state index contributed by atoms with van der Waals surface area (Å²) >= 11 is 0. The molecule has 0 radical (unpaired) electrons. The van der Waals surface area contributed by atoms with Gasteiger partial charge in [0, 0.05) is 11.3 Å². The molecule has 1 heterocycles. The Labute approximate surface area is 185 Å². The van der Waals surface area contributed by atoms with Crippen molar-refractivity contribution in [3.8, 4) is 5.75 Å². The standard InChI is InChI=1S/C24H16F4N2O3/c25-19-9-5-4-8-16(19)14-30-22(31)20(15-6-2-1-3-7-15)21(23(30)32)29-17-10-12-18(13-11-17)33-24(26,27)28/h1-13,29H,14H2. The Bertz CT molecular complexity index is 1220. The lowest BCUT2D eigenvalue weighted by Gasteiger charge is -2.16. The van der Waals surface area contributed by atoms with Gasteiger partial charge in [-0.25, -0.2) is 4.39 Å². The summed E-state index contributed by atoms with van der Waals surface area (Å²) in [5.74, 6) is -2.28. The molecule has 5 nitrogen and oxygen atoms in total.